The molecule has 148 valence electrons. The maximum atomic E-state index is 12.9. The lowest BCUT2D eigenvalue weighted by Gasteiger charge is -2.22. The Kier molecular flexibility index (Phi) is 5.62. The van der Waals surface area contributed by atoms with E-state index in [4.69, 9.17) is 4.74 Å². The van der Waals surface area contributed by atoms with Gasteiger partial charge in [-0.3, -0.25) is 5.32 Å². The molecule has 2 heterocycles. The highest BCUT2D eigenvalue weighted by Gasteiger charge is 2.22. The third-order valence-electron chi connectivity index (χ3n) is 5.33. The quantitative estimate of drug-likeness (QED) is 0.796. The summed E-state index contributed by atoms with van der Waals surface area (Å²) in [5.74, 6) is 2.04. The molecular formula is C21H26N4O3. The molecule has 0 fully saturated rings. The van der Waals surface area contributed by atoms with Crippen LogP contribution in [0.25, 0.3) is 0 Å². The fourth-order valence-corrected chi connectivity index (χ4v) is 3.76. The molecule has 0 saturated heterocycles. The van der Waals surface area contributed by atoms with Crippen LogP contribution in [0.5, 0.6) is 5.75 Å². The highest BCUT2D eigenvalue weighted by Crippen LogP contribution is 2.25. The molecule has 28 heavy (non-hydrogen) atoms. The smallest absolute Gasteiger partial charge is 0.323 e. The number of amides is 2. The van der Waals surface area contributed by atoms with E-state index in [0.29, 0.717) is 31.4 Å². The molecule has 1 aliphatic carbocycles. The van der Waals surface area contributed by atoms with Crippen molar-refractivity contribution in [2.24, 2.45) is 5.92 Å². The van der Waals surface area contributed by atoms with Gasteiger partial charge in [0.15, 0.2) is 0 Å². The molecule has 7 heteroatoms. The van der Waals surface area contributed by atoms with Gasteiger partial charge in [-0.2, -0.15) is 5.10 Å². The Morgan fingerprint density at radius 3 is 3.07 bits per heavy atom. The summed E-state index contributed by atoms with van der Waals surface area (Å²) in [6.07, 6.45) is 9.49. The SMILES string of the molecule is O=C(Nc1ccnn1C[C@H]1CC=CCC1)N1CCOc2ccc(CO)cc2C1. The van der Waals surface area contributed by atoms with Gasteiger partial charge in [-0.1, -0.05) is 18.2 Å². The molecule has 0 unspecified atom stereocenters. The van der Waals surface area contributed by atoms with Crippen LogP contribution in [0.15, 0.2) is 42.6 Å². The average molecular weight is 382 g/mol. The van der Waals surface area contributed by atoms with Crippen molar-refractivity contribution in [3.63, 3.8) is 0 Å². The molecule has 0 radical (unpaired) electrons. The van der Waals surface area contributed by atoms with Crippen molar-refractivity contribution in [3.8, 4) is 5.75 Å². The number of ether oxygens (including phenoxy) is 1. The van der Waals surface area contributed by atoms with Gasteiger partial charge in [0.2, 0.25) is 0 Å². The van der Waals surface area contributed by atoms with Gasteiger partial charge in [0.05, 0.1) is 25.9 Å². The molecular weight excluding hydrogens is 356 g/mol. The van der Waals surface area contributed by atoms with Crippen LogP contribution in [0.1, 0.15) is 30.4 Å². The number of aromatic nitrogens is 2. The highest BCUT2D eigenvalue weighted by atomic mass is 16.5. The van der Waals surface area contributed by atoms with Crippen molar-refractivity contribution >= 4 is 11.8 Å². The lowest BCUT2D eigenvalue weighted by molar-refractivity contribution is 0.200. The molecule has 2 N–H and O–H groups in total. The number of allylic oxidation sites excluding steroid dienone is 2. The number of rotatable bonds is 4. The number of nitrogens with one attached hydrogen (secondary N) is 1. The number of hydrogen-bond donors (Lipinski definition) is 2. The first-order chi connectivity index (χ1) is 13.7. The molecule has 1 aromatic carbocycles. The molecule has 0 saturated carbocycles. The lowest BCUT2D eigenvalue weighted by atomic mass is 9.94. The number of nitrogens with zero attached hydrogens (tertiary/aromatic N) is 3. The second-order valence-corrected chi connectivity index (χ2v) is 7.35. The number of carbonyl (C=O) groups is 1. The first-order valence-corrected chi connectivity index (χ1v) is 9.81. The van der Waals surface area contributed by atoms with Crippen molar-refractivity contribution < 1.29 is 14.6 Å². The summed E-state index contributed by atoms with van der Waals surface area (Å²) in [7, 11) is 0. The van der Waals surface area contributed by atoms with E-state index in [2.05, 4.69) is 22.6 Å². The van der Waals surface area contributed by atoms with E-state index in [-0.39, 0.29) is 12.6 Å². The van der Waals surface area contributed by atoms with E-state index >= 15 is 0 Å². The van der Waals surface area contributed by atoms with Crippen molar-refractivity contribution in [1.82, 2.24) is 14.7 Å². The van der Waals surface area contributed by atoms with Crippen molar-refractivity contribution in [2.75, 3.05) is 18.5 Å². The second kappa shape index (κ2) is 8.48. The average Bonchev–Trinajstić information content (AvgIpc) is 3.03. The number of anilines is 1. The van der Waals surface area contributed by atoms with Gasteiger partial charge in [0.25, 0.3) is 0 Å². The first-order valence-electron chi connectivity index (χ1n) is 9.81. The summed E-state index contributed by atoms with van der Waals surface area (Å²) in [4.78, 5) is 14.6. The minimum Gasteiger partial charge on any atom is -0.491 e. The summed E-state index contributed by atoms with van der Waals surface area (Å²) in [5, 5.41) is 16.8. The molecule has 2 aromatic rings. The van der Waals surface area contributed by atoms with E-state index in [1.54, 1.807) is 11.1 Å². The van der Waals surface area contributed by atoms with Crippen LogP contribution in [0.2, 0.25) is 0 Å². The van der Waals surface area contributed by atoms with E-state index in [0.717, 1.165) is 42.7 Å². The molecule has 2 aliphatic rings. The third-order valence-corrected chi connectivity index (χ3v) is 5.33. The van der Waals surface area contributed by atoms with Crippen molar-refractivity contribution in [3.05, 3.63) is 53.7 Å². The minimum absolute atomic E-state index is 0.0327. The van der Waals surface area contributed by atoms with Crippen LogP contribution in [-0.4, -0.2) is 39.0 Å². The Balaban J connectivity index is 1.43. The van der Waals surface area contributed by atoms with Gasteiger partial charge in [-0.05, 0) is 42.9 Å². The van der Waals surface area contributed by atoms with Gasteiger partial charge in [0.1, 0.15) is 18.2 Å². The van der Waals surface area contributed by atoms with Crippen LogP contribution >= 0.6 is 0 Å². The number of benzene rings is 1. The Morgan fingerprint density at radius 2 is 2.25 bits per heavy atom. The minimum atomic E-state index is -0.170. The van der Waals surface area contributed by atoms with Crippen LogP contribution in [0.3, 0.4) is 0 Å². The predicted octanol–water partition coefficient (Wildman–Crippen LogP) is 3.16. The standard InChI is InChI=1S/C21H26N4O3/c26-15-17-6-7-19-18(12-17)14-24(10-11-28-19)21(27)23-20-8-9-22-25(20)13-16-4-2-1-3-5-16/h1-2,6-9,12,16,26H,3-5,10-11,13-15H2,(H,23,27)/t16-/m0/s1. The first kappa shape index (κ1) is 18.6. The zero-order valence-corrected chi connectivity index (χ0v) is 15.9. The summed E-state index contributed by atoms with van der Waals surface area (Å²) in [6, 6.07) is 7.25. The Morgan fingerprint density at radius 1 is 1.32 bits per heavy atom. The van der Waals surface area contributed by atoms with E-state index < -0.39 is 0 Å². The van der Waals surface area contributed by atoms with Crippen LogP contribution < -0.4 is 10.1 Å². The number of aliphatic hydroxyl groups excluding tert-OH is 1. The number of urea groups is 1. The summed E-state index contributed by atoms with van der Waals surface area (Å²) < 4.78 is 7.64. The predicted molar refractivity (Wildman–Crippen MR) is 106 cm³/mol. The number of aliphatic hydroxyl groups is 1. The molecule has 2 amide bonds. The number of hydrogen-bond acceptors (Lipinski definition) is 4. The fraction of sp³-hybridized carbons (Fsp3) is 0.429. The molecule has 1 aromatic heterocycles. The number of carbonyl (C=O) groups excluding carboxylic acids is 1. The van der Waals surface area contributed by atoms with Crippen molar-refractivity contribution in [2.45, 2.75) is 39.0 Å². The van der Waals surface area contributed by atoms with E-state index in [1.807, 2.05) is 28.9 Å². The van der Waals surface area contributed by atoms with Crippen LogP contribution in [-0.2, 0) is 19.7 Å². The van der Waals surface area contributed by atoms with Gasteiger partial charge in [-0.25, -0.2) is 9.48 Å². The van der Waals surface area contributed by atoms with Gasteiger partial charge >= 0.3 is 6.03 Å². The summed E-state index contributed by atoms with van der Waals surface area (Å²) >= 11 is 0. The Bertz CT molecular complexity index is 861. The Labute approximate surface area is 164 Å². The zero-order chi connectivity index (χ0) is 19.3. The molecule has 0 bridgehead atoms. The van der Waals surface area contributed by atoms with Crippen molar-refractivity contribution in [1.29, 1.82) is 0 Å². The molecule has 0 spiro atoms. The monoisotopic (exact) mass is 382 g/mol. The molecule has 7 nitrogen and oxygen atoms in total. The van der Waals surface area contributed by atoms with Gasteiger partial charge in [-0.15, -0.1) is 0 Å². The summed E-state index contributed by atoms with van der Waals surface area (Å²) in [6.45, 7) is 2.15. The maximum Gasteiger partial charge on any atom is 0.323 e. The lowest BCUT2D eigenvalue weighted by Crippen LogP contribution is -2.36. The highest BCUT2D eigenvalue weighted by molar-refractivity contribution is 5.88. The topological polar surface area (TPSA) is 79.6 Å². The zero-order valence-electron chi connectivity index (χ0n) is 15.9. The van der Waals surface area contributed by atoms with Crippen LogP contribution in [0, 0.1) is 5.92 Å². The maximum absolute atomic E-state index is 12.9. The fourth-order valence-electron chi connectivity index (χ4n) is 3.76. The second-order valence-electron chi connectivity index (χ2n) is 7.35. The van der Waals surface area contributed by atoms with Gasteiger partial charge in [0, 0.05) is 18.2 Å². The van der Waals surface area contributed by atoms with E-state index in [9.17, 15) is 9.90 Å². The van der Waals surface area contributed by atoms with Crippen LogP contribution in [0.4, 0.5) is 10.6 Å². The Hall–Kier alpha value is -2.80. The third kappa shape index (κ3) is 4.20. The molecule has 1 atom stereocenters. The van der Waals surface area contributed by atoms with Gasteiger partial charge < -0.3 is 14.7 Å². The summed E-state index contributed by atoms with van der Waals surface area (Å²) in [5.41, 5.74) is 1.71. The molecule has 4 rings (SSSR count). The largest absolute Gasteiger partial charge is 0.491 e. The normalized spacial score (nSPS) is 18.9. The number of fused-ring (bicyclic) bond motifs is 1. The molecule has 1 aliphatic heterocycles. The van der Waals surface area contributed by atoms with E-state index in [1.165, 1.54) is 0 Å².